The first-order chi connectivity index (χ1) is 8.43. The lowest BCUT2D eigenvalue weighted by Gasteiger charge is -2.11. The highest BCUT2D eigenvalue weighted by molar-refractivity contribution is 9.10. The van der Waals surface area contributed by atoms with Gasteiger partial charge >= 0.3 is 0 Å². The van der Waals surface area contributed by atoms with Crippen molar-refractivity contribution < 1.29 is 9.59 Å². The maximum atomic E-state index is 11.9. The Labute approximate surface area is 115 Å². The quantitative estimate of drug-likeness (QED) is 0.924. The fourth-order valence-corrected chi connectivity index (χ4v) is 1.87. The molecule has 1 rings (SSSR count). The lowest BCUT2D eigenvalue weighted by molar-refractivity contribution is -0.128. The van der Waals surface area contributed by atoms with Crippen molar-refractivity contribution in [1.82, 2.24) is 10.2 Å². The molecule has 1 aromatic carbocycles. The minimum atomic E-state index is -0.169. The second kappa shape index (κ2) is 6.54. The SMILES string of the molecule is Cc1cccc(C(=O)NCCC(=O)N(C)C)c1Br. The Morgan fingerprint density at radius 1 is 1.33 bits per heavy atom. The van der Waals surface area contributed by atoms with Crippen molar-refractivity contribution in [3.63, 3.8) is 0 Å². The summed E-state index contributed by atoms with van der Waals surface area (Å²) in [4.78, 5) is 24.8. The zero-order chi connectivity index (χ0) is 13.7. The number of hydrogen-bond donors (Lipinski definition) is 1. The van der Waals surface area contributed by atoms with E-state index in [-0.39, 0.29) is 11.8 Å². The van der Waals surface area contributed by atoms with E-state index < -0.39 is 0 Å². The maximum Gasteiger partial charge on any atom is 0.252 e. The molecule has 4 nitrogen and oxygen atoms in total. The summed E-state index contributed by atoms with van der Waals surface area (Å²) in [5, 5.41) is 2.74. The number of hydrogen-bond acceptors (Lipinski definition) is 2. The third kappa shape index (κ3) is 3.84. The molecule has 0 fully saturated rings. The fraction of sp³-hybridized carbons (Fsp3) is 0.385. The molecule has 1 aromatic rings. The molecule has 0 spiro atoms. The summed E-state index contributed by atoms with van der Waals surface area (Å²) >= 11 is 3.39. The predicted molar refractivity (Wildman–Crippen MR) is 74.5 cm³/mol. The van der Waals surface area contributed by atoms with E-state index in [0.717, 1.165) is 10.0 Å². The van der Waals surface area contributed by atoms with Gasteiger partial charge in [-0.15, -0.1) is 0 Å². The number of carbonyl (C=O) groups is 2. The maximum absolute atomic E-state index is 11.9. The Kier molecular flexibility index (Phi) is 5.34. The molecule has 5 heteroatoms. The van der Waals surface area contributed by atoms with E-state index in [2.05, 4.69) is 21.2 Å². The molecular formula is C13H17BrN2O2. The van der Waals surface area contributed by atoms with Gasteiger partial charge in [0.05, 0.1) is 5.56 Å². The molecule has 0 saturated carbocycles. The number of benzene rings is 1. The highest BCUT2D eigenvalue weighted by atomic mass is 79.9. The van der Waals surface area contributed by atoms with Gasteiger partial charge in [0, 0.05) is 31.5 Å². The molecule has 1 N–H and O–H groups in total. The monoisotopic (exact) mass is 312 g/mol. The summed E-state index contributed by atoms with van der Waals surface area (Å²) in [5.41, 5.74) is 1.60. The second-order valence-corrected chi connectivity index (χ2v) is 5.02. The molecule has 0 bridgehead atoms. The van der Waals surface area contributed by atoms with E-state index in [4.69, 9.17) is 0 Å². The average Bonchev–Trinajstić information content (AvgIpc) is 2.32. The minimum absolute atomic E-state index is 0.00129. The number of amides is 2. The van der Waals surface area contributed by atoms with E-state index in [0.29, 0.717) is 18.5 Å². The number of rotatable bonds is 4. The van der Waals surface area contributed by atoms with Crippen LogP contribution in [0.2, 0.25) is 0 Å². The molecule has 0 atom stereocenters. The molecule has 0 aliphatic carbocycles. The minimum Gasteiger partial charge on any atom is -0.351 e. The van der Waals surface area contributed by atoms with Gasteiger partial charge in [-0.2, -0.15) is 0 Å². The van der Waals surface area contributed by atoms with E-state index in [1.165, 1.54) is 4.90 Å². The van der Waals surface area contributed by atoms with E-state index in [1.807, 2.05) is 19.1 Å². The van der Waals surface area contributed by atoms with Gasteiger partial charge in [-0.1, -0.05) is 12.1 Å². The first-order valence-electron chi connectivity index (χ1n) is 5.67. The van der Waals surface area contributed by atoms with Crippen molar-refractivity contribution in [2.75, 3.05) is 20.6 Å². The molecule has 0 radical (unpaired) electrons. The van der Waals surface area contributed by atoms with Crippen LogP contribution >= 0.6 is 15.9 Å². The highest BCUT2D eigenvalue weighted by Crippen LogP contribution is 2.20. The number of aryl methyl sites for hydroxylation is 1. The van der Waals surface area contributed by atoms with Crippen LogP contribution in [0, 0.1) is 6.92 Å². The smallest absolute Gasteiger partial charge is 0.252 e. The van der Waals surface area contributed by atoms with Crippen LogP contribution in [0.15, 0.2) is 22.7 Å². The van der Waals surface area contributed by atoms with Crippen LogP contribution in [-0.4, -0.2) is 37.4 Å². The van der Waals surface area contributed by atoms with Gasteiger partial charge < -0.3 is 10.2 Å². The number of carbonyl (C=O) groups excluding carboxylic acids is 2. The Morgan fingerprint density at radius 3 is 2.61 bits per heavy atom. The second-order valence-electron chi connectivity index (χ2n) is 4.23. The highest BCUT2D eigenvalue weighted by Gasteiger charge is 2.11. The van der Waals surface area contributed by atoms with Crippen molar-refractivity contribution in [2.24, 2.45) is 0 Å². The first kappa shape index (κ1) is 14.7. The molecule has 98 valence electrons. The molecule has 0 aromatic heterocycles. The summed E-state index contributed by atoms with van der Waals surface area (Å²) in [5.74, 6) is -0.171. The van der Waals surface area contributed by atoms with Gasteiger partial charge in [0.2, 0.25) is 5.91 Å². The van der Waals surface area contributed by atoms with Crippen molar-refractivity contribution in [3.8, 4) is 0 Å². The summed E-state index contributed by atoms with van der Waals surface area (Å²) in [7, 11) is 3.39. The Morgan fingerprint density at radius 2 is 2.00 bits per heavy atom. The van der Waals surface area contributed by atoms with Crippen molar-refractivity contribution in [1.29, 1.82) is 0 Å². The first-order valence-corrected chi connectivity index (χ1v) is 6.46. The topological polar surface area (TPSA) is 49.4 Å². The van der Waals surface area contributed by atoms with E-state index >= 15 is 0 Å². The Hall–Kier alpha value is -1.36. The van der Waals surface area contributed by atoms with Gasteiger partial charge in [-0.3, -0.25) is 9.59 Å². The van der Waals surface area contributed by atoms with Crippen LogP contribution in [0.3, 0.4) is 0 Å². The van der Waals surface area contributed by atoms with E-state index in [1.54, 1.807) is 20.2 Å². The fourth-order valence-electron chi connectivity index (χ4n) is 1.42. The molecule has 0 aliphatic heterocycles. The van der Waals surface area contributed by atoms with Crippen molar-refractivity contribution in [2.45, 2.75) is 13.3 Å². The standard InChI is InChI=1S/C13H17BrN2O2/c1-9-5-4-6-10(12(9)14)13(18)15-8-7-11(17)16(2)3/h4-6H,7-8H2,1-3H3,(H,15,18). The van der Waals surface area contributed by atoms with Gasteiger partial charge in [-0.25, -0.2) is 0 Å². The van der Waals surface area contributed by atoms with Crippen LogP contribution in [-0.2, 0) is 4.79 Å². The largest absolute Gasteiger partial charge is 0.351 e. The summed E-state index contributed by atoms with van der Waals surface area (Å²) < 4.78 is 0.793. The molecule has 18 heavy (non-hydrogen) atoms. The molecule has 0 aliphatic rings. The predicted octanol–water partition coefficient (Wildman–Crippen LogP) is 1.97. The zero-order valence-electron chi connectivity index (χ0n) is 10.8. The molecule has 0 saturated heterocycles. The van der Waals surface area contributed by atoms with Crippen molar-refractivity contribution in [3.05, 3.63) is 33.8 Å². The van der Waals surface area contributed by atoms with Gasteiger partial charge in [0.15, 0.2) is 0 Å². The lowest BCUT2D eigenvalue weighted by Crippen LogP contribution is -2.30. The number of nitrogens with one attached hydrogen (secondary N) is 1. The molecule has 0 unspecified atom stereocenters. The summed E-state index contributed by atoms with van der Waals surface area (Å²) in [6, 6.07) is 5.51. The van der Waals surface area contributed by atoms with E-state index in [9.17, 15) is 9.59 Å². The average molecular weight is 313 g/mol. The van der Waals surface area contributed by atoms with Gasteiger partial charge in [0.1, 0.15) is 0 Å². The Balaban J connectivity index is 2.56. The normalized spacial score (nSPS) is 10.0. The van der Waals surface area contributed by atoms with Crippen LogP contribution in [0.4, 0.5) is 0 Å². The third-order valence-corrected chi connectivity index (χ3v) is 3.61. The molecule has 2 amide bonds. The van der Waals surface area contributed by atoms with Crippen molar-refractivity contribution >= 4 is 27.7 Å². The van der Waals surface area contributed by atoms with Crippen LogP contribution in [0.5, 0.6) is 0 Å². The molecule has 0 heterocycles. The lowest BCUT2D eigenvalue weighted by atomic mass is 10.1. The van der Waals surface area contributed by atoms with Gasteiger partial charge in [0.25, 0.3) is 5.91 Å². The molecular weight excluding hydrogens is 296 g/mol. The number of halogens is 1. The summed E-state index contributed by atoms with van der Waals surface area (Å²) in [6.45, 7) is 2.27. The van der Waals surface area contributed by atoms with Crippen LogP contribution in [0.25, 0.3) is 0 Å². The van der Waals surface area contributed by atoms with Crippen LogP contribution in [0.1, 0.15) is 22.3 Å². The zero-order valence-corrected chi connectivity index (χ0v) is 12.4. The summed E-state index contributed by atoms with van der Waals surface area (Å²) in [6.07, 6.45) is 0.308. The van der Waals surface area contributed by atoms with Gasteiger partial charge in [-0.05, 0) is 34.5 Å². The third-order valence-electron chi connectivity index (χ3n) is 2.56. The van der Waals surface area contributed by atoms with Crippen LogP contribution < -0.4 is 5.32 Å². The number of nitrogens with zero attached hydrogens (tertiary/aromatic N) is 1. The Bertz CT molecular complexity index is 458.